The van der Waals surface area contributed by atoms with Crippen LogP contribution >= 0.6 is 31.9 Å². The van der Waals surface area contributed by atoms with Crippen molar-refractivity contribution in [2.75, 3.05) is 11.6 Å². The second-order valence-corrected chi connectivity index (χ2v) is 9.27. The van der Waals surface area contributed by atoms with Gasteiger partial charge >= 0.3 is 0 Å². The van der Waals surface area contributed by atoms with E-state index in [-0.39, 0.29) is 11.2 Å². The number of nitrogens with zero attached hydrogens (tertiary/aromatic N) is 4. The first kappa shape index (κ1) is 17.4. The van der Waals surface area contributed by atoms with E-state index in [1.807, 2.05) is 12.2 Å². The number of hydrogen-bond donors (Lipinski definition) is 2. The Morgan fingerprint density at radius 1 is 1.33 bits per heavy atom. The largest absolute Gasteiger partial charge is 0.358 e. The fourth-order valence-corrected chi connectivity index (χ4v) is 3.24. The zero-order valence-corrected chi connectivity index (χ0v) is 16.3. The van der Waals surface area contributed by atoms with Crippen LogP contribution in [0.4, 0.5) is 5.82 Å². The first-order valence-corrected chi connectivity index (χ1v) is 10.1. The van der Waals surface area contributed by atoms with Crippen LogP contribution in [0.5, 0.6) is 0 Å². The number of aromatic nitrogens is 4. The maximum atomic E-state index is 11.7. The number of nitrogens with two attached hydrogens (primary N) is 1. The number of sulfone groups is 1. The SMILES string of the molecule is CS(=O)(=O)c1ncc2ncnc(NC3C=CC(N)(Br)C(Br)=C3)c2n1. The summed E-state index contributed by atoms with van der Waals surface area (Å²) in [5, 5.41) is 2.89. The molecule has 0 aliphatic heterocycles. The second-order valence-electron chi connectivity index (χ2n) is 5.19. The molecule has 0 saturated heterocycles. The summed E-state index contributed by atoms with van der Waals surface area (Å²) in [4.78, 5) is 16.1. The van der Waals surface area contributed by atoms with E-state index in [2.05, 4.69) is 57.1 Å². The van der Waals surface area contributed by atoms with E-state index in [1.165, 1.54) is 12.5 Å². The van der Waals surface area contributed by atoms with Crippen LogP contribution in [0.25, 0.3) is 11.0 Å². The molecular weight excluding hydrogens is 464 g/mol. The molecule has 2 unspecified atom stereocenters. The van der Waals surface area contributed by atoms with Gasteiger partial charge in [0.15, 0.2) is 5.82 Å². The van der Waals surface area contributed by atoms with Gasteiger partial charge in [0.2, 0.25) is 15.0 Å². The van der Waals surface area contributed by atoms with E-state index in [0.29, 0.717) is 16.9 Å². The van der Waals surface area contributed by atoms with Crippen LogP contribution in [0.1, 0.15) is 0 Å². The van der Waals surface area contributed by atoms with Gasteiger partial charge in [-0.1, -0.05) is 44.0 Å². The van der Waals surface area contributed by atoms with Crippen molar-refractivity contribution in [3.8, 4) is 0 Å². The Kier molecular flexibility index (Phi) is 4.45. The molecule has 0 amide bonds. The van der Waals surface area contributed by atoms with E-state index in [9.17, 15) is 8.42 Å². The van der Waals surface area contributed by atoms with Crippen molar-refractivity contribution >= 4 is 58.5 Å². The van der Waals surface area contributed by atoms with Crippen LogP contribution < -0.4 is 11.1 Å². The molecule has 0 saturated carbocycles. The van der Waals surface area contributed by atoms with Gasteiger partial charge in [0, 0.05) is 10.7 Å². The Morgan fingerprint density at radius 3 is 2.75 bits per heavy atom. The summed E-state index contributed by atoms with van der Waals surface area (Å²) in [6.07, 6.45) is 9.27. The van der Waals surface area contributed by atoms with Crippen molar-refractivity contribution in [1.29, 1.82) is 0 Å². The molecular formula is C13H12Br2N6O2S. The van der Waals surface area contributed by atoms with Crippen LogP contribution in [0.15, 0.2) is 40.4 Å². The summed E-state index contributed by atoms with van der Waals surface area (Å²) < 4.78 is 23.3. The number of hydrogen-bond acceptors (Lipinski definition) is 8. The van der Waals surface area contributed by atoms with Gasteiger partial charge in [-0.05, 0) is 6.08 Å². The topological polar surface area (TPSA) is 124 Å². The summed E-state index contributed by atoms with van der Waals surface area (Å²) in [5.41, 5.74) is 6.78. The lowest BCUT2D eigenvalue weighted by molar-refractivity contribution is 0.593. The molecule has 2 aromatic heterocycles. The quantitative estimate of drug-likeness (QED) is 0.296. The van der Waals surface area contributed by atoms with Gasteiger partial charge in [-0.15, -0.1) is 0 Å². The molecule has 2 heterocycles. The molecule has 2 aromatic rings. The highest BCUT2D eigenvalue weighted by atomic mass is 79.9. The lowest BCUT2D eigenvalue weighted by Crippen LogP contribution is -2.34. The highest BCUT2D eigenvalue weighted by Crippen LogP contribution is 2.32. The van der Waals surface area contributed by atoms with Crippen LogP contribution in [-0.4, -0.2) is 45.1 Å². The lowest BCUT2D eigenvalue weighted by atomic mass is 10.1. The maximum absolute atomic E-state index is 11.7. The molecule has 0 bridgehead atoms. The van der Waals surface area contributed by atoms with Gasteiger partial charge in [-0.3, -0.25) is 0 Å². The molecule has 0 spiro atoms. The average Bonchev–Trinajstić information content (AvgIpc) is 2.50. The second kappa shape index (κ2) is 6.14. The van der Waals surface area contributed by atoms with E-state index in [0.717, 1.165) is 10.7 Å². The minimum absolute atomic E-state index is 0.205. The molecule has 11 heteroatoms. The van der Waals surface area contributed by atoms with Crippen LogP contribution in [-0.2, 0) is 9.84 Å². The molecule has 2 atom stereocenters. The lowest BCUT2D eigenvalue weighted by Gasteiger charge is -2.25. The predicted molar refractivity (Wildman–Crippen MR) is 97.6 cm³/mol. The van der Waals surface area contributed by atoms with Crippen molar-refractivity contribution in [3.05, 3.63) is 35.2 Å². The number of alkyl halides is 1. The number of halogens is 2. The molecule has 0 radical (unpaired) electrons. The van der Waals surface area contributed by atoms with Crippen LogP contribution in [0.3, 0.4) is 0 Å². The zero-order valence-electron chi connectivity index (χ0n) is 12.3. The molecule has 126 valence electrons. The monoisotopic (exact) mass is 474 g/mol. The summed E-state index contributed by atoms with van der Waals surface area (Å²) in [5.74, 6) is 0.401. The standard InChI is InChI=1S/C13H12Br2N6O2S/c1-24(22,23)12-17-5-8-10(21-12)11(19-6-18-8)20-7-2-3-13(15,16)9(14)4-7/h2-7H,16H2,1H3,(H,18,19,20). The van der Waals surface area contributed by atoms with Gasteiger partial charge in [0.1, 0.15) is 21.8 Å². The van der Waals surface area contributed by atoms with E-state index < -0.39 is 14.3 Å². The molecule has 8 nitrogen and oxygen atoms in total. The molecule has 3 rings (SSSR count). The van der Waals surface area contributed by atoms with Crippen molar-refractivity contribution in [2.24, 2.45) is 5.73 Å². The van der Waals surface area contributed by atoms with Crippen molar-refractivity contribution in [1.82, 2.24) is 19.9 Å². The normalized spacial score (nSPS) is 24.0. The summed E-state index contributed by atoms with van der Waals surface area (Å²) in [6.45, 7) is 0. The van der Waals surface area contributed by atoms with Crippen molar-refractivity contribution < 1.29 is 8.42 Å². The third kappa shape index (κ3) is 3.48. The third-order valence-corrected chi connectivity index (χ3v) is 6.23. The number of rotatable bonds is 3. The molecule has 24 heavy (non-hydrogen) atoms. The van der Waals surface area contributed by atoms with Crippen molar-refractivity contribution in [3.63, 3.8) is 0 Å². The average molecular weight is 476 g/mol. The number of nitrogens with one attached hydrogen (secondary N) is 1. The van der Waals surface area contributed by atoms with E-state index >= 15 is 0 Å². The van der Waals surface area contributed by atoms with Gasteiger partial charge in [0.05, 0.1) is 12.2 Å². The highest BCUT2D eigenvalue weighted by molar-refractivity contribution is 9.14. The number of fused-ring (bicyclic) bond motifs is 1. The minimum Gasteiger partial charge on any atom is -0.358 e. The first-order valence-electron chi connectivity index (χ1n) is 6.66. The fraction of sp³-hybridized carbons (Fsp3) is 0.231. The zero-order chi connectivity index (χ0) is 17.5. The Bertz CT molecular complexity index is 974. The third-order valence-electron chi connectivity index (χ3n) is 3.23. The van der Waals surface area contributed by atoms with E-state index in [1.54, 1.807) is 6.08 Å². The Hall–Kier alpha value is -1.43. The smallest absolute Gasteiger partial charge is 0.247 e. The molecule has 1 aliphatic rings. The Morgan fingerprint density at radius 2 is 2.08 bits per heavy atom. The Balaban J connectivity index is 2.01. The van der Waals surface area contributed by atoms with Gasteiger partial charge in [-0.2, -0.15) is 0 Å². The van der Waals surface area contributed by atoms with Crippen molar-refractivity contribution in [2.45, 2.75) is 15.6 Å². The minimum atomic E-state index is -3.53. The summed E-state index contributed by atoms with van der Waals surface area (Å²) >= 11 is 6.79. The summed E-state index contributed by atoms with van der Waals surface area (Å²) in [7, 11) is -3.53. The molecule has 0 fully saturated rings. The van der Waals surface area contributed by atoms with Gasteiger partial charge < -0.3 is 11.1 Å². The fourth-order valence-electron chi connectivity index (χ4n) is 2.03. The Labute approximate surface area is 154 Å². The predicted octanol–water partition coefficient (Wildman–Crippen LogP) is 1.50. The van der Waals surface area contributed by atoms with Gasteiger partial charge in [-0.25, -0.2) is 28.4 Å². The first-order chi connectivity index (χ1) is 11.2. The van der Waals surface area contributed by atoms with Crippen LogP contribution in [0, 0.1) is 0 Å². The molecule has 0 aromatic carbocycles. The maximum Gasteiger partial charge on any atom is 0.247 e. The molecule has 3 N–H and O–H groups in total. The number of anilines is 1. The summed E-state index contributed by atoms with van der Waals surface area (Å²) in [6, 6.07) is -0.205. The molecule has 1 aliphatic carbocycles. The van der Waals surface area contributed by atoms with Gasteiger partial charge in [0.25, 0.3) is 0 Å². The highest BCUT2D eigenvalue weighted by Gasteiger charge is 2.26. The van der Waals surface area contributed by atoms with E-state index in [4.69, 9.17) is 5.73 Å². The van der Waals surface area contributed by atoms with Crippen LogP contribution in [0.2, 0.25) is 0 Å².